The molecule has 0 radical (unpaired) electrons. The Balaban J connectivity index is 4.36. The highest BCUT2D eigenvalue weighted by Gasteiger charge is 2.66. The van der Waals surface area contributed by atoms with E-state index >= 15 is 0 Å². The summed E-state index contributed by atoms with van der Waals surface area (Å²) in [6.07, 6.45) is 1.38. The lowest BCUT2D eigenvalue weighted by molar-refractivity contribution is -0.230. The lowest BCUT2D eigenvalue weighted by Gasteiger charge is -2.22. The first-order valence-electron chi connectivity index (χ1n) is 5.19. The molecule has 0 aliphatic heterocycles. The van der Waals surface area contributed by atoms with Gasteiger partial charge in [0, 0.05) is 6.92 Å². The Morgan fingerprint density at radius 2 is 1.67 bits per heavy atom. The second kappa shape index (κ2) is 6.67. The van der Waals surface area contributed by atoms with E-state index in [-0.39, 0.29) is 13.5 Å². The van der Waals surface area contributed by atoms with Crippen molar-refractivity contribution in [1.29, 1.82) is 0 Å². The minimum Gasteiger partial charge on any atom is -0.434 e. The molecule has 0 amide bonds. The molecule has 0 aliphatic rings. The molecule has 4 nitrogen and oxygen atoms in total. The molecule has 0 heterocycles. The molecule has 0 rings (SSSR count). The van der Waals surface area contributed by atoms with Crippen molar-refractivity contribution in [3.8, 4) is 0 Å². The number of carbonyl (C=O) groups is 2. The predicted octanol–water partition coefficient (Wildman–Crippen LogP) is 2.16. The van der Waals surface area contributed by atoms with Gasteiger partial charge in [-0.3, -0.25) is 4.79 Å². The van der Waals surface area contributed by atoms with Crippen LogP contribution < -0.4 is 0 Å². The average Bonchev–Trinajstić information content (AvgIpc) is 2.27. The van der Waals surface area contributed by atoms with Gasteiger partial charge in [-0.25, -0.2) is 4.79 Å². The van der Waals surface area contributed by atoms with Crippen LogP contribution in [-0.2, 0) is 19.1 Å². The summed E-state index contributed by atoms with van der Waals surface area (Å²) in [6.45, 7) is 1.40. The third-order valence-electron chi connectivity index (χ3n) is 2.01. The Labute approximate surface area is 101 Å². The van der Waals surface area contributed by atoms with E-state index in [2.05, 4.69) is 9.47 Å². The summed E-state index contributed by atoms with van der Waals surface area (Å²) in [4.78, 5) is 21.1. The number of rotatable bonds is 8. The normalized spacial score (nSPS) is 12.3. The van der Waals surface area contributed by atoms with Crippen LogP contribution in [-0.4, -0.2) is 37.0 Å². The highest BCUT2D eigenvalue weighted by Crippen LogP contribution is 2.35. The molecule has 0 atom stereocenters. The molecule has 0 saturated carbocycles. The van der Waals surface area contributed by atoms with Gasteiger partial charge in [-0.15, -0.1) is 0 Å². The van der Waals surface area contributed by atoms with Gasteiger partial charge in [0.1, 0.15) is 0 Å². The lowest BCUT2D eigenvalue weighted by Crippen LogP contribution is -2.52. The van der Waals surface area contributed by atoms with Crippen molar-refractivity contribution in [2.45, 2.75) is 38.5 Å². The van der Waals surface area contributed by atoms with Gasteiger partial charge >= 0.3 is 17.8 Å². The minimum absolute atomic E-state index is 0.151. The van der Waals surface area contributed by atoms with Crippen molar-refractivity contribution in [3.63, 3.8) is 0 Å². The van der Waals surface area contributed by atoms with Crippen LogP contribution in [0.5, 0.6) is 0 Å². The molecular formula is C10H14F4O4. The maximum Gasteiger partial charge on any atom is 0.411 e. The Hall–Kier alpha value is -1.18. The summed E-state index contributed by atoms with van der Waals surface area (Å²) < 4.78 is 59.8. The van der Waals surface area contributed by atoms with Crippen LogP contribution in [0, 0.1) is 0 Å². The van der Waals surface area contributed by atoms with E-state index in [0.29, 0.717) is 6.42 Å². The molecular weight excluding hydrogens is 260 g/mol. The second-order valence-electron chi connectivity index (χ2n) is 3.52. The van der Waals surface area contributed by atoms with Gasteiger partial charge in [0.25, 0.3) is 0 Å². The largest absolute Gasteiger partial charge is 0.434 e. The number of alkyl halides is 4. The molecule has 0 bridgehead atoms. The quantitative estimate of drug-likeness (QED) is 0.294. The first kappa shape index (κ1) is 16.8. The highest BCUT2D eigenvalue weighted by atomic mass is 19.3. The zero-order chi connectivity index (χ0) is 14.4. The number of hydrogen-bond donors (Lipinski definition) is 0. The number of unbranched alkanes of at least 4 members (excludes halogenated alkanes) is 1. The van der Waals surface area contributed by atoms with Gasteiger partial charge in [0.15, 0.2) is 6.79 Å². The molecule has 0 aromatic carbocycles. The summed E-state index contributed by atoms with van der Waals surface area (Å²) in [5.41, 5.74) is 0. The molecule has 0 aliphatic carbocycles. The van der Waals surface area contributed by atoms with E-state index in [1.807, 2.05) is 6.92 Å². The molecule has 8 heteroatoms. The standard InChI is InChI=1S/C10H14F4O4/c1-3-4-5-17-6-18-8(16)10(13,14)9(11,12)7(2)15/h3-6H2,1-2H3. The summed E-state index contributed by atoms with van der Waals surface area (Å²) in [5, 5.41) is 0. The van der Waals surface area contributed by atoms with Gasteiger partial charge in [-0.1, -0.05) is 13.3 Å². The zero-order valence-electron chi connectivity index (χ0n) is 9.97. The molecule has 0 spiro atoms. The molecule has 0 saturated heterocycles. The summed E-state index contributed by atoms with van der Waals surface area (Å²) in [6, 6.07) is 0. The van der Waals surface area contributed by atoms with Crippen LogP contribution in [0.4, 0.5) is 17.6 Å². The first-order chi connectivity index (χ1) is 8.17. The smallest absolute Gasteiger partial charge is 0.411 e. The molecule has 0 unspecified atom stereocenters. The highest BCUT2D eigenvalue weighted by molar-refractivity contribution is 5.92. The number of ether oxygens (including phenoxy) is 2. The lowest BCUT2D eigenvalue weighted by atomic mass is 10.1. The van der Waals surface area contributed by atoms with Crippen LogP contribution in [0.25, 0.3) is 0 Å². The number of Topliss-reactive ketones (excluding diaryl/α,β-unsaturated/α-hetero) is 1. The molecule has 0 fully saturated rings. The van der Waals surface area contributed by atoms with E-state index in [0.717, 1.165) is 6.42 Å². The van der Waals surface area contributed by atoms with Gasteiger partial charge in [0.05, 0.1) is 6.61 Å². The number of esters is 1. The van der Waals surface area contributed by atoms with E-state index in [1.165, 1.54) is 0 Å². The van der Waals surface area contributed by atoms with Crippen LogP contribution in [0.1, 0.15) is 26.7 Å². The molecule has 18 heavy (non-hydrogen) atoms. The van der Waals surface area contributed by atoms with Gasteiger partial charge in [-0.05, 0) is 6.42 Å². The number of carbonyl (C=O) groups excluding carboxylic acids is 2. The molecule has 0 aromatic heterocycles. The fraction of sp³-hybridized carbons (Fsp3) is 0.800. The SMILES string of the molecule is CCCCOCOC(=O)C(F)(F)C(F)(F)C(C)=O. The van der Waals surface area contributed by atoms with E-state index in [4.69, 9.17) is 0 Å². The Kier molecular flexibility index (Phi) is 6.23. The monoisotopic (exact) mass is 274 g/mol. The average molecular weight is 274 g/mol. The molecule has 0 aromatic rings. The third kappa shape index (κ3) is 3.94. The number of hydrogen-bond acceptors (Lipinski definition) is 4. The van der Waals surface area contributed by atoms with Crippen molar-refractivity contribution < 1.29 is 36.6 Å². The van der Waals surface area contributed by atoms with Crippen LogP contribution in [0.3, 0.4) is 0 Å². The fourth-order valence-corrected chi connectivity index (χ4v) is 0.840. The number of halogens is 4. The Morgan fingerprint density at radius 1 is 1.11 bits per heavy atom. The summed E-state index contributed by atoms with van der Waals surface area (Å²) in [7, 11) is 0. The second-order valence-corrected chi connectivity index (χ2v) is 3.52. The summed E-state index contributed by atoms with van der Waals surface area (Å²) >= 11 is 0. The minimum atomic E-state index is -5.20. The fourth-order valence-electron chi connectivity index (χ4n) is 0.840. The number of ketones is 1. The van der Waals surface area contributed by atoms with Crippen LogP contribution in [0.15, 0.2) is 0 Å². The van der Waals surface area contributed by atoms with Crippen molar-refractivity contribution in [1.82, 2.24) is 0 Å². The van der Waals surface area contributed by atoms with Crippen LogP contribution in [0.2, 0.25) is 0 Å². The van der Waals surface area contributed by atoms with Gasteiger partial charge in [-0.2, -0.15) is 17.6 Å². The Bertz CT molecular complexity index is 304. The van der Waals surface area contributed by atoms with Gasteiger partial charge < -0.3 is 9.47 Å². The predicted molar refractivity (Wildman–Crippen MR) is 52.4 cm³/mol. The topological polar surface area (TPSA) is 52.6 Å². The maximum absolute atomic E-state index is 12.9. The molecule has 0 N–H and O–H groups in total. The van der Waals surface area contributed by atoms with Crippen molar-refractivity contribution in [2.24, 2.45) is 0 Å². The van der Waals surface area contributed by atoms with Crippen LogP contribution >= 0.6 is 0 Å². The van der Waals surface area contributed by atoms with E-state index in [9.17, 15) is 27.2 Å². The van der Waals surface area contributed by atoms with Crippen molar-refractivity contribution in [2.75, 3.05) is 13.4 Å². The zero-order valence-corrected chi connectivity index (χ0v) is 9.97. The van der Waals surface area contributed by atoms with Crippen molar-refractivity contribution >= 4 is 11.8 Å². The van der Waals surface area contributed by atoms with E-state index in [1.54, 1.807) is 0 Å². The third-order valence-corrected chi connectivity index (χ3v) is 2.01. The maximum atomic E-state index is 12.9. The van der Waals surface area contributed by atoms with Crippen molar-refractivity contribution in [3.05, 3.63) is 0 Å². The van der Waals surface area contributed by atoms with E-state index < -0.39 is 30.4 Å². The first-order valence-corrected chi connectivity index (χ1v) is 5.19. The van der Waals surface area contributed by atoms with Gasteiger partial charge in [0.2, 0.25) is 5.78 Å². The summed E-state index contributed by atoms with van der Waals surface area (Å²) in [5.74, 6) is -14.9. The Morgan fingerprint density at radius 3 is 2.11 bits per heavy atom. The molecule has 106 valence electrons.